The number of nitrogens with zero attached hydrogens (tertiary/aromatic N) is 1. The monoisotopic (exact) mass is 282 g/mol. The molecule has 0 spiro atoms. The summed E-state index contributed by atoms with van der Waals surface area (Å²) in [6, 6.07) is 0. The molecular formula is C16H30N2O2. The molecule has 1 aliphatic heterocycles. The van der Waals surface area contributed by atoms with Crippen LogP contribution in [0.2, 0.25) is 0 Å². The Morgan fingerprint density at radius 3 is 2.55 bits per heavy atom. The van der Waals surface area contributed by atoms with Crippen molar-refractivity contribution in [2.45, 2.75) is 52.1 Å². The van der Waals surface area contributed by atoms with Crippen LogP contribution in [0.25, 0.3) is 0 Å². The zero-order valence-corrected chi connectivity index (χ0v) is 13.0. The van der Waals surface area contributed by atoms with Gasteiger partial charge < -0.3 is 15.4 Å². The van der Waals surface area contributed by atoms with E-state index >= 15 is 0 Å². The predicted octanol–water partition coefficient (Wildman–Crippen LogP) is 2.02. The highest BCUT2D eigenvalue weighted by Gasteiger charge is 2.35. The summed E-state index contributed by atoms with van der Waals surface area (Å²) in [5, 5.41) is 0. The Morgan fingerprint density at radius 1 is 1.25 bits per heavy atom. The Labute approximate surface area is 123 Å². The van der Waals surface area contributed by atoms with E-state index in [9.17, 15) is 4.79 Å². The minimum absolute atomic E-state index is 0.188. The number of hydrogen-bond donors (Lipinski definition) is 1. The van der Waals surface area contributed by atoms with Gasteiger partial charge in [-0.3, -0.25) is 4.79 Å². The molecular weight excluding hydrogens is 252 g/mol. The van der Waals surface area contributed by atoms with Crippen LogP contribution in [0.5, 0.6) is 0 Å². The number of carbonyl (C=O) groups is 1. The van der Waals surface area contributed by atoms with Crippen molar-refractivity contribution in [3.63, 3.8) is 0 Å². The number of ether oxygens (including phenoxy) is 1. The SMILES string of the molecule is CC(C)COC1CCN(C(=O)[C@@H]2CCC[C@@H]2CN)CC1. The highest BCUT2D eigenvalue weighted by molar-refractivity contribution is 5.79. The van der Waals surface area contributed by atoms with Gasteiger partial charge in [-0.2, -0.15) is 0 Å². The van der Waals surface area contributed by atoms with Crippen LogP contribution in [0.4, 0.5) is 0 Å². The molecule has 116 valence electrons. The van der Waals surface area contributed by atoms with E-state index < -0.39 is 0 Å². The first-order chi connectivity index (χ1) is 9.61. The van der Waals surface area contributed by atoms with Gasteiger partial charge in [-0.25, -0.2) is 0 Å². The summed E-state index contributed by atoms with van der Waals surface area (Å²) in [6.45, 7) is 7.54. The lowest BCUT2D eigenvalue weighted by atomic mass is 9.93. The van der Waals surface area contributed by atoms with Crippen molar-refractivity contribution in [2.75, 3.05) is 26.2 Å². The smallest absolute Gasteiger partial charge is 0.226 e. The van der Waals surface area contributed by atoms with E-state index in [0.717, 1.165) is 51.8 Å². The molecule has 1 amide bonds. The van der Waals surface area contributed by atoms with Crippen LogP contribution < -0.4 is 5.73 Å². The van der Waals surface area contributed by atoms with Gasteiger partial charge in [-0.05, 0) is 44.1 Å². The lowest BCUT2D eigenvalue weighted by Gasteiger charge is -2.34. The number of amides is 1. The fourth-order valence-corrected chi connectivity index (χ4v) is 3.45. The Balaban J connectivity index is 1.77. The molecule has 2 aliphatic rings. The average molecular weight is 282 g/mol. The quantitative estimate of drug-likeness (QED) is 0.839. The third kappa shape index (κ3) is 3.95. The Hall–Kier alpha value is -0.610. The third-order valence-electron chi connectivity index (χ3n) is 4.70. The van der Waals surface area contributed by atoms with E-state index in [1.165, 1.54) is 0 Å². The number of piperidine rings is 1. The second-order valence-electron chi connectivity index (χ2n) is 6.79. The van der Waals surface area contributed by atoms with E-state index in [0.29, 0.717) is 30.4 Å². The van der Waals surface area contributed by atoms with Crippen LogP contribution in [0.1, 0.15) is 46.0 Å². The average Bonchev–Trinajstić information content (AvgIpc) is 2.93. The van der Waals surface area contributed by atoms with E-state index in [1.807, 2.05) is 4.90 Å². The molecule has 1 aliphatic carbocycles. The molecule has 1 saturated carbocycles. The molecule has 4 heteroatoms. The lowest BCUT2D eigenvalue weighted by Crippen LogP contribution is -2.45. The minimum atomic E-state index is 0.188. The first-order valence-corrected chi connectivity index (χ1v) is 8.22. The number of rotatable bonds is 5. The fraction of sp³-hybridized carbons (Fsp3) is 0.938. The topological polar surface area (TPSA) is 55.6 Å². The molecule has 20 heavy (non-hydrogen) atoms. The summed E-state index contributed by atoms with van der Waals surface area (Å²) in [4.78, 5) is 14.6. The maximum absolute atomic E-state index is 12.6. The Bertz CT molecular complexity index is 312. The molecule has 4 nitrogen and oxygen atoms in total. The summed E-state index contributed by atoms with van der Waals surface area (Å²) in [6.07, 6.45) is 5.63. The maximum atomic E-state index is 12.6. The Morgan fingerprint density at radius 2 is 1.95 bits per heavy atom. The van der Waals surface area contributed by atoms with Gasteiger partial charge in [0, 0.05) is 25.6 Å². The van der Waals surface area contributed by atoms with Crippen molar-refractivity contribution in [1.29, 1.82) is 0 Å². The van der Waals surface area contributed by atoms with Crippen molar-refractivity contribution in [3.05, 3.63) is 0 Å². The van der Waals surface area contributed by atoms with E-state index in [1.54, 1.807) is 0 Å². The lowest BCUT2D eigenvalue weighted by molar-refractivity contribution is -0.139. The van der Waals surface area contributed by atoms with Crippen molar-refractivity contribution < 1.29 is 9.53 Å². The number of carbonyl (C=O) groups excluding carboxylic acids is 1. The summed E-state index contributed by atoms with van der Waals surface area (Å²) in [5.74, 6) is 1.53. The van der Waals surface area contributed by atoms with Gasteiger partial charge in [0.15, 0.2) is 0 Å². The fourth-order valence-electron chi connectivity index (χ4n) is 3.45. The van der Waals surface area contributed by atoms with E-state index in [4.69, 9.17) is 10.5 Å². The summed E-state index contributed by atoms with van der Waals surface area (Å²) >= 11 is 0. The van der Waals surface area contributed by atoms with E-state index in [-0.39, 0.29) is 5.92 Å². The molecule has 1 saturated heterocycles. The summed E-state index contributed by atoms with van der Waals surface area (Å²) in [7, 11) is 0. The number of nitrogens with two attached hydrogens (primary N) is 1. The van der Waals surface area contributed by atoms with Crippen LogP contribution >= 0.6 is 0 Å². The standard InChI is InChI=1S/C16H30N2O2/c1-12(2)11-20-14-6-8-18(9-7-14)16(19)15-5-3-4-13(15)10-17/h12-15H,3-11,17H2,1-2H3/t13-,15-/m1/s1. The van der Waals surface area contributed by atoms with Gasteiger partial charge in [0.2, 0.25) is 5.91 Å². The van der Waals surface area contributed by atoms with Crippen molar-refractivity contribution >= 4 is 5.91 Å². The number of hydrogen-bond acceptors (Lipinski definition) is 3. The molecule has 0 aromatic carbocycles. The van der Waals surface area contributed by atoms with Gasteiger partial charge in [0.1, 0.15) is 0 Å². The van der Waals surface area contributed by atoms with Crippen molar-refractivity contribution in [1.82, 2.24) is 4.90 Å². The molecule has 2 atom stereocenters. The maximum Gasteiger partial charge on any atom is 0.226 e. The molecule has 1 heterocycles. The normalized spacial score (nSPS) is 28.3. The van der Waals surface area contributed by atoms with Crippen molar-refractivity contribution in [2.24, 2.45) is 23.5 Å². The van der Waals surface area contributed by atoms with Gasteiger partial charge in [0.05, 0.1) is 6.10 Å². The zero-order valence-electron chi connectivity index (χ0n) is 13.0. The molecule has 2 N–H and O–H groups in total. The molecule has 2 rings (SSSR count). The molecule has 2 fully saturated rings. The van der Waals surface area contributed by atoms with Crippen LogP contribution in [0.3, 0.4) is 0 Å². The van der Waals surface area contributed by atoms with Gasteiger partial charge in [0.25, 0.3) is 0 Å². The highest BCUT2D eigenvalue weighted by Crippen LogP contribution is 2.33. The van der Waals surface area contributed by atoms with Crippen molar-refractivity contribution in [3.8, 4) is 0 Å². The second kappa shape index (κ2) is 7.41. The van der Waals surface area contributed by atoms with Gasteiger partial charge >= 0.3 is 0 Å². The van der Waals surface area contributed by atoms with Gasteiger partial charge in [-0.15, -0.1) is 0 Å². The summed E-state index contributed by atoms with van der Waals surface area (Å²) in [5.41, 5.74) is 5.79. The first-order valence-electron chi connectivity index (χ1n) is 8.22. The molecule has 0 unspecified atom stereocenters. The van der Waals surface area contributed by atoms with Crippen LogP contribution in [0, 0.1) is 17.8 Å². The molecule has 0 aromatic rings. The minimum Gasteiger partial charge on any atom is -0.378 e. The van der Waals surface area contributed by atoms with Crippen LogP contribution in [0.15, 0.2) is 0 Å². The van der Waals surface area contributed by atoms with E-state index in [2.05, 4.69) is 13.8 Å². The van der Waals surface area contributed by atoms with Crippen LogP contribution in [-0.4, -0.2) is 43.2 Å². The summed E-state index contributed by atoms with van der Waals surface area (Å²) < 4.78 is 5.88. The molecule has 0 aromatic heterocycles. The largest absolute Gasteiger partial charge is 0.378 e. The zero-order chi connectivity index (χ0) is 14.5. The molecule has 0 radical (unpaired) electrons. The number of likely N-dealkylation sites (tertiary alicyclic amines) is 1. The van der Waals surface area contributed by atoms with Crippen LogP contribution in [-0.2, 0) is 9.53 Å². The highest BCUT2D eigenvalue weighted by atomic mass is 16.5. The predicted molar refractivity (Wildman–Crippen MR) is 80.3 cm³/mol. The molecule has 0 bridgehead atoms. The Kier molecular flexibility index (Phi) is 5.85. The van der Waals surface area contributed by atoms with Gasteiger partial charge in [-0.1, -0.05) is 20.3 Å². The second-order valence-corrected chi connectivity index (χ2v) is 6.79. The third-order valence-corrected chi connectivity index (χ3v) is 4.70. The first kappa shape index (κ1) is 15.8.